The summed E-state index contributed by atoms with van der Waals surface area (Å²) in [6.45, 7) is 4.01. The number of ether oxygens (including phenoxy) is 1. The lowest BCUT2D eigenvalue weighted by Gasteiger charge is -2.18. The number of benzene rings is 1. The Balaban J connectivity index is 1.84. The second-order valence-corrected chi connectivity index (χ2v) is 6.09. The summed E-state index contributed by atoms with van der Waals surface area (Å²) in [7, 11) is 0. The first kappa shape index (κ1) is 15.0. The number of anilines is 1. The molecule has 0 atom stereocenters. The Bertz CT molecular complexity index is 443. The Labute approximate surface area is 120 Å². The van der Waals surface area contributed by atoms with Gasteiger partial charge >= 0.3 is 0 Å². The molecule has 1 amide bonds. The molecule has 2 rings (SSSR count). The molecule has 1 aromatic carbocycles. The van der Waals surface area contributed by atoms with Crippen LogP contribution in [0.1, 0.15) is 45.1 Å². The third-order valence-corrected chi connectivity index (χ3v) is 3.58. The fourth-order valence-electron chi connectivity index (χ4n) is 2.25. The predicted molar refractivity (Wildman–Crippen MR) is 80.4 cm³/mol. The predicted octanol–water partition coefficient (Wildman–Crippen LogP) is 2.82. The van der Waals surface area contributed by atoms with Crippen molar-refractivity contribution in [2.75, 3.05) is 5.32 Å². The van der Waals surface area contributed by atoms with E-state index >= 15 is 0 Å². The first-order valence-corrected chi connectivity index (χ1v) is 7.26. The van der Waals surface area contributed by atoms with Crippen molar-refractivity contribution in [3.05, 3.63) is 29.8 Å². The van der Waals surface area contributed by atoms with Crippen LogP contribution in [-0.2, 0) is 16.1 Å². The van der Waals surface area contributed by atoms with Crippen LogP contribution in [-0.4, -0.2) is 17.6 Å². The molecule has 20 heavy (non-hydrogen) atoms. The minimum atomic E-state index is -0.871. The molecule has 4 nitrogen and oxygen atoms in total. The SMILES string of the molecule is CC(C)(N)C(=O)Nc1ccc(COC2CCCC2)cc1. The lowest BCUT2D eigenvalue weighted by molar-refractivity contribution is -0.120. The Morgan fingerprint density at radius 2 is 1.90 bits per heavy atom. The van der Waals surface area contributed by atoms with Crippen molar-refractivity contribution in [2.45, 2.75) is 57.8 Å². The van der Waals surface area contributed by atoms with E-state index in [1.54, 1.807) is 13.8 Å². The molecular weight excluding hydrogens is 252 g/mol. The van der Waals surface area contributed by atoms with Crippen LogP contribution in [0, 0.1) is 0 Å². The van der Waals surface area contributed by atoms with E-state index in [9.17, 15) is 4.79 Å². The summed E-state index contributed by atoms with van der Waals surface area (Å²) < 4.78 is 5.86. The topological polar surface area (TPSA) is 64.4 Å². The summed E-state index contributed by atoms with van der Waals surface area (Å²) in [5.74, 6) is -0.188. The van der Waals surface area contributed by atoms with Gasteiger partial charge in [-0.15, -0.1) is 0 Å². The molecule has 0 radical (unpaired) electrons. The number of carbonyl (C=O) groups is 1. The van der Waals surface area contributed by atoms with Crippen molar-refractivity contribution in [3.8, 4) is 0 Å². The van der Waals surface area contributed by atoms with Crippen LogP contribution in [0.15, 0.2) is 24.3 Å². The van der Waals surface area contributed by atoms with Gasteiger partial charge < -0.3 is 15.8 Å². The highest BCUT2D eigenvalue weighted by Crippen LogP contribution is 2.22. The molecule has 0 bridgehead atoms. The van der Waals surface area contributed by atoms with Crippen molar-refractivity contribution in [3.63, 3.8) is 0 Å². The van der Waals surface area contributed by atoms with Crippen molar-refractivity contribution >= 4 is 11.6 Å². The van der Waals surface area contributed by atoms with Crippen molar-refractivity contribution in [1.82, 2.24) is 0 Å². The summed E-state index contributed by atoms with van der Waals surface area (Å²) in [5, 5.41) is 2.80. The molecule has 1 fully saturated rings. The van der Waals surface area contributed by atoms with Gasteiger partial charge in [0.15, 0.2) is 0 Å². The molecule has 0 unspecified atom stereocenters. The van der Waals surface area contributed by atoms with Crippen LogP contribution < -0.4 is 11.1 Å². The highest BCUT2D eigenvalue weighted by atomic mass is 16.5. The van der Waals surface area contributed by atoms with Gasteiger partial charge in [0.1, 0.15) is 0 Å². The number of rotatable bonds is 5. The molecule has 0 saturated heterocycles. The van der Waals surface area contributed by atoms with E-state index in [1.165, 1.54) is 25.7 Å². The zero-order valence-corrected chi connectivity index (χ0v) is 12.3. The Morgan fingerprint density at radius 3 is 2.45 bits per heavy atom. The molecule has 1 aliphatic carbocycles. The van der Waals surface area contributed by atoms with Crippen molar-refractivity contribution < 1.29 is 9.53 Å². The maximum Gasteiger partial charge on any atom is 0.243 e. The van der Waals surface area contributed by atoms with E-state index in [-0.39, 0.29) is 5.91 Å². The quantitative estimate of drug-likeness (QED) is 0.869. The first-order valence-electron chi connectivity index (χ1n) is 7.26. The molecule has 1 aromatic rings. The molecule has 4 heteroatoms. The van der Waals surface area contributed by atoms with Gasteiger partial charge in [0.2, 0.25) is 5.91 Å². The summed E-state index contributed by atoms with van der Waals surface area (Å²) in [4.78, 5) is 11.8. The fraction of sp³-hybridized carbons (Fsp3) is 0.562. The summed E-state index contributed by atoms with van der Waals surface area (Å²) in [6, 6.07) is 7.73. The number of amides is 1. The second-order valence-electron chi connectivity index (χ2n) is 6.09. The van der Waals surface area contributed by atoms with Gasteiger partial charge in [0, 0.05) is 5.69 Å². The normalized spacial score (nSPS) is 16.4. The number of nitrogens with one attached hydrogen (secondary N) is 1. The Hall–Kier alpha value is -1.39. The van der Waals surface area contributed by atoms with Crippen molar-refractivity contribution in [1.29, 1.82) is 0 Å². The minimum absolute atomic E-state index is 0.188. The molecule has 110 valence electrons. The lowest BCUT2D eigenvalue weighted by atomic mass is 10.1. The van der Waals surface area contributed by atoms with E-state index in [0.717, 1.165) is 11.3 Å². The van der Waals surface area contributed by atoms with Gasteiger partial charge in [-0.1, -0.05) is 25.0 Å². The van der Waals surface area contributed by atoms with Crippen LogP contribution in [0.4, 0.5) is 5.69 Å². The maximum absolute atomic E-state index is 11.8. The highest BCUT2D eigenvalue weighted by molar-refractivity contribution is 5.97. The largest absolute Gasteiger partial charge is 0.374 e. The minimum Gasteiger partial charge on any atom is -0.374 e. The zero-order chi connectivity index (χ0) is 14.6. The van der Waals surface area contributed by atoms with Crippen LogP contribution in [0.2, 0.25) is 0 Å². The maximum atomic E-state index is 11.8. The molecule has 1 aliphatic rings. The average molecular weight is 276 g/mol. The molecule has 3 N–H and O–H groups in total. The van der Waals surface area contributed by atoms with Crippen LogP contribution in [0.25, 0.3) is 0 Å². The van der Waals surface area contributed by atoms with Crippen molar-refractivity contribution in [2.24, 2.45) is 5.73 Å². The van der Waals surface area contributed by atoms with Gasteiger partial charge in [-0.25, -0.2) is 0 Å². The highest BCUT2D eigenvalue weighted by Gasteiger charge is 2.21. The third kappa shape index (κ3) is 4.32. The fourth-order valence-corrected chi connectivity index (χ4v) is 2.25. The Morgan fingerprint density at radius 1 is 1.30 bits per heavy atom. The van der Waals surface area contributed by atoms with Gasteiger partial charge in [0.25, 0.3) is 0 Å². The number of nitrogens with two attached hydrogens (primary N) is 1. The van der Waals surface area contributed by atoms with Crippen LogP contribution in [0.3, 0.4) is 0 Å². The van der Waals surface area contributed by atoms with Gasteiger partial charge in [-0.2, -0.15) is 0 Å². The van der Waals surface area contributed by atoms with E-state index in [4.69, 9.17) is 10.5 Å². The van der Waals surface area contributed by atoms with Gasteiger partial charge in [-0.3, -0.25) is 4.79 Å². The zero-order valence-electron chi connectivity index (χ0n) is 12.3. The number of carbonyl (C=O) groups excluding carboxylic acids is 1. The monoisotopic (exact) mass is 276 g/mol. The molecule has 0 aliphatic heterocycles. The van der Waals surface area contributed by atoms with E-state index in [0.29, 0.717) is 12.7 Å². The summed E-state index contributed by atoms with van der Waals surface area (Å²) in [6.07, 6.45) is 5.35. The second kappa shape index (κ2) is 6.37. The van der Waals surface area contributed by atoms with Crippen LogP contribution >= 0.6 is 0 Å². The van der Waals surface area contributed by atoms with E-state index < -0.39 is 5.54 Å². The molecule has 1 saturated carbocycles. The standard InChI is InChI=1S/C16H24N2O2/c1-16(2,17)15(19)18-13-9-7-12(8-10-13)11-20-14-5-3-4-6-14/h7-10,14H,3-6,11,17H2,1-2H3,(H,18,19). The van der Waals surface area contributed by atoms with Gasteiger partial charge in [0.05, 0.1) is 18.2 Å². The van der Waals surface area contributed by atoms with Crippen LogP contribution in [0.5, 0.6) is 0 Å². The first-order chi connectivity index (χ1) is 9.45. The van der Waals surface area contributed by atoms with E-state index in [2.05, 4.69) is 5.32 Å². The average Bonchev–Trinajstić information content (AvgIpc) is 2.90. The molecule has 0 spiro atoms. The molecular formula is C16H24N2O2. The molecule has 0 aromatic heterocycles. The van der Waals surface area contributed by atoms with Gasteiger partial charge in [-0.05, 0) is 44.4 Å². The Kier molecular flexibility index (Phi) is 4.78. The third-order valence-electron chi connectivity index (χ3n) is 3.58. The lowest BCUT2D eigenvalue weighted by Crippen LogP contribution is -2.45. The van der Waals surface area contributed by atoms with E-state index in [1.807, 2.05) is 24.3 Å². The number of hydrogen-bond acceptors (Lipinski definition) is 3. The summed E-state index contributed by atoms with van der Waals surface area (Å²) >= 11 is 0. The smallest absolute Gasteiger partial charge is 0.243 e. The summed E-state index contributed by atoms with van der Waals surface area (Å²) in [5.41, 5.74) is 6.76. The molecule has 0 heterocycles. The number of hydrogen-bond donors (Lipinski definition) is 2.